The number of benzene rings is 1. The Morgan fingerprint density at radius 3 is 2.84 bits per heavy atom. The van der Waals surface area contributed by atoms with Gasteiger partial charge in [0.25, 0.3) is 0 Å². The Morgan fingerprint density at radius 1 is 1.44 bits per heavy atom. The quantitative estimate of drug-likeness (QED) is 0.577. The summed E-state index contributed by atoms with van der Waals surface area (Å²) >= 11 is 4.77. The lowest BCUT2D eigenvalue weighted by molar-refractivity contribution is 0.203. The highest BCUT2D eigenvalue weighted by Gasteiger charge is 2.25. The van der Waals surface area contributed by atoms with Crippen LogP contribution in [0, 0.1) is 12.8 Å². The Bertz CT molecular complexity index is 809. The first-order valence-electron chi connectivity index (χ1n) is 8.75. The van der Waals surface area contributed by atoms with Gasteiger partial charge in [-0.25, -0.2) is 0 Å². The average molecular weight is 359 g/mol. The first-order valence-corrected chi connectivity index (χ1v) is 9.15. The van der Waals surface area contributed by atoms with Crippen LogP contribution in [0.15, 0.2) is 28.4 Å². The predicted molar refractivity (Wildman–Crippen MR) is 104 cm³/mol. The van der Waals surface area contributed by atoms with Crippen LogP contribution >= 0.6 is 12.2 Å². The zero-order chi connectivity index (χ0) is 18.0. The summed E-state index contributed by atoms with van der Waals surface area (Å²) in [7, 11) is 0. The van der Waals surface area contributed by atoms with Gasteiger partial charge in [-0.1, -0.05) is 18.6 Å². The topological polar surface area (TPSA) is 79.1 Å². The van der Waals surface area contributed by atoms with Gasteiger partial charge in [0.1, 0.15) is 0 Å². The lowest BCUT2D eigenvalue weighted by Gasteiger charge is -2.23. The number of fused-ring (bicyclic) bond motifs is 1. The van der Waals surface area contributed by atoms with Crippen molar-refractivity contribution in [3.63, 3.8) is 0 Å². The molecule has 2 aromatic rings. The Morgan fingerprint density at radius 2 is 2.20 bits per heavy atom. The monoisotopic (exact) mass is 359 g/mol. The van der Waals surface area contributed by atoms with E-state index in [-0.39, 0.29) is 11.0 Å². The molecule has 1 aliphatic rings. The maximum atomic E-state index is 10.8. The van der Waals surface area contributed by atoms with Crippen molar-refractivity contribution in [3.8, 4) is 5.88 Å². The normalized spacial score (nSPS) is 14.8. The van der Waals surface area contributed by atoms with Crippen LogP contribution in [-0.4, -0.2) is 32.8 Å². The number of nitrogens with zero attached hydrogens (tertiary/aromatic N) is 4. The molecule has 3 rings (SSSR count). The first-order chi connectivity index (χ1) is 12.0. The molecule has 0 spiro atoms. The van der Waals surface area contributed by atoms with Gasteiger partial charge in [-0.05, 0) is 63.0 Å². The second-order valence-electron chi connectivity index (χ2n) is 6.82. The van der Waals surface area contributed by atoms with Crippen LogP contribution in [0.25, 0.3) is 10.9 Å². The molecular formula is C18H25N5OS. The van der Waals surface area contributed by atoms with E-state index in [1.54, 1.807) is 0 Å². The van der Waals surface area contributed by atoms with Gasteiger partial charge in [0, 0.05) is 11.9 Å². The molecule has 0 unspecified atom stereocenters. The molecule has 0 saturated heterocycles. The van der Waals surface area contributed by atoms with Crippen LogP contribution in [0.2, 0.25) is 0 Å². The molecule has 1 heterocycles. The molecule has 1 aliphatic carbocycles. The fourth-order valence-corrected chi connectivity index (χ4v) is 3.22. The van der Waals surface area contributed by atoms with E-state index < -0.39 is 0 Å². The van der Waals surface area contributed by atoms with E-state index in [1.165, 1.54) is 12.8 Å². The third-order valence-electron chi connectivity index (χ3n) is 4.51. The molecule has 25 heavy (non-hydrogen) atoms. The van der Waals surface area contributed by atoms with E-state index in [2.05, 4.69) is 22.1 Å². The van der Waals surface area contributed by atoms with E-state index in [4.69, 9.17) is 18.0 Å². The van der Waals surface area contributed by atoms with E-state index >= 15 is 0 Å². The van der Waals surface area contributed by atoms with Crippen molar-refractivity contribution in [2.45, 2.75) is 39.8 Å². The third kappa shape index (κ3) is 4.16. The van der Waals surface area contributed by atoms with Crippen molar-refractivity contribution in [3.05, 3.63) is 23.8 Å². The summed E-state index contributed by atoms with van der Waals surface area (Å²) < 4.78 is 1.90. The van der Waals surface area contributed by atoms with E-state index in [9.17, 15) is 5.11 Å². The number of hydrogen-bond acceptors (Lipinski definition) is 4. The molecule has 0 radical (unpaired) electrons. The molecule has 1 aromatic carbocycles. The molecule has 134 valence electrons. The highest BCUT2D eigenvalue weighted by molar-refractivity contribution is 7.80. The maximum Gasteiger partial charge on any atom is 0.221 e. The molecule has 7 heteroatoms. The van der Waals surface area contributed by atoms with Crippen molar-refractivity contribution in [1.82, 2.24) is 9.47 Å². The fourth-order valence-electron chi connectivity index (χ4n) is 3.18. The Labute approximate surface area is 153 Å². The van der Waals surface area contributed by atoms with Gasteiger partial charge >= 0.3 is 0 Å². The van der Waals surface area contributed by atoms with E-state index in [1.807, 2.05) is 29.7 Å². The SMILES string of the molecule is CCCN(CC1CC1)Cn1c(O)c(N=NC(N)=S)c2cc(C)ccc21. The van der Waals surface area contributed by atoms with Gasteiger partial charge in [0.05, 0.1) is 12.2 Å². The third-order valence-corrected chi connectivity index (χ3v) is 4.59. The van der Waals surface area contributed by atoms with Crippen LogP contribution in [0.4, 0.5) is 5.69 Å². The number of azo groups is 1. The minimum atomic E-state index is -0.0469. The van der Waals surface area contributed by atoms with Crippen LogP contribution in [-0.2, 0) is 6.67 Å². The molecule has 0 aliphatic heterocycles. The zero-order valence-electron chi connectivity index (χ0n) is 14.8. The van der Waals surface area contributed by atoms with Crippen molar-refractivity contribution < 1.29 is 5.11 Å². The standard InChI is InChI=1S/C18H25N5OS/c1-3-8-22(10-13-5-6-13)11-23-15-7-4-12(2)9-14(15)16(17(23)24)20-21-18(19)25/h4,7,9,13,24H,3,5-6,8,10-11H2,1-2H3,(H2,19,25). The van der Waals surface area contributed by atoms with Crippen molar-refractivity contribution >= 4 is 33.9 Å². The fraction of sp³-hybridized carbons (Fsp3) is 0.500. The van der Waals surface area contributed by atoms with Gasteiger partial charge in [-0.2, -0.15) is 0 Å². The molecule has 1 fully saturated rings. The van der Waals surface area contributed by atoms with Crippen molar-refractivity contribution in [2.24, 2.45) is 21.9 Å². The van der Waals surface area contributed by atoms with Gasteiger partial charge in [-0.15, -0.1) is 10.2 Å². The summed E-state index contributed by atoms with van der Waals surface area (Å²) in [4.78, 5) is 2.39. The molecule has 0 amide bonds. The number of aromatic nitrogens is 1. The number of rotatable bonds is 7. The van der Waals surface area contributed by atoms with Crippen LogP contribution in [0.1, 0.15) is 31.7 Å². The highest BCUT2D eigenvalue weighted by atomic mass is 32.1. The number of aryl methyl sites for hydroxylation is 1. The van der Waals surface area contributed by atoms with Crippen LogP contribution in [0.5, 0.6) is 5.88 Å². The molecule has 6 nitrogen and oxygen atoms in total. The smallest absolute Gasteiger partial charge is 0.221 e. The zero-order valence-corrected chi connectivity index (χ0v) is 15.6. The largest absolute Gasteiger partial charge is 0.493 e. The van der Waals surface area contributed by atoms with E-state index in [0.29, 0.717) is 12.4 Å². The second kappa shape index (κ2) is 7.49. The summed E-state index contributed by atoms with van der Waals surface area (Å²) in [6, 6.07) is 6.06. The first kappa shape index (κ1) is 17.8. The minimum Gasteiger partial charge on any atom is -0.493 e. The van der Waals surface area contributed by atoms with Gasteiger partial charge in [-0.3, -0.25) is 9.47 Å². The molecule has 1 saturated carbocycles. The van der Waals surface area contributed by atoms with Gasteiger partial charge in [0.15, 0.2) is 5.69 Å². The van der Waals surface area contributed by atoms with Crippen molar-refractivity contribution in [1.29, 1.82) is 0 Å². The van der Waals surface area contributed by atoms with Gasteiger partial charge < -0.3 is 10.8 Å². The number of aromatic hydroxyl groups is 1. The summed E-state index contributed by atoms with van der Waals surface area (Å²) in [5.41, 5.74) is 7.89. The second-order valence-corrected chi connectivity index (χ2v) is 7.24. The molecule has 3 N–H and O–H groups in total. The summed E-state index contributed by atoms with van der Waals surface area (Å²) in [6.07, 6.45) is 3.70. The Balaban J connectivity index is 2.01. The van der Waals surface area contributed by atoms with E-state index in [0.717, 1.165) is 41.9 Å². The predicted octanol–water partition coefficient (Wildman–Crippen LogP) is 4.06. The summed E-state index contributed by atoms with van der Waals surface area (Å²) in [6.45, 7) is 6.91. The van der Waals surface area contributed by atoms with Crippen LogP contribution in [0.3, 0.4) is 0 Å². The lowest BCUT2D eigenvalue weighted by atomic mass is 10.1. The Hall–Kier alpha value is -1.99. The van der Waals surface area contributed by atoms with Crippen molar-refractivity contribution in [2.75, 3.05) is 13.1 Å². The number of hydrogen-bond donors (Lipinski definition) is 2. The lowest BCUT2D eigenvalue weighted by Crippen LogP contribution is -2.29. The Kier molecular flexibility index (Phi) is 5.34. The highest BCUT2D eigenvalue weighted by Crippen LogP contribution is 2.40. The molecular weight excluding hydrogens is 334 g/mol. The number of thiocarbonyl (C=S) groups is 1. The molecule has 0 atom stereocenters. The summed E-state index contributed by atoms with van der Waals surface area (Å²) in [5, 5.41) is 19.5. The maximum absolute atomic E-state index is 10.8. The van der Waals surface area contributed by atoms with Crippen LogP contribution < -0.4 is 5.73 Å². The minimum absolute atomic E-state index is 0.0469. The average Bonchev–Trinajstić information content (AvgIpc) is 3.33. The summed E-state index contributed by atoms with van der Waals surface area (Å²) in [5.74, 6) is 0.907. The molecule has 1 aromatic heterocycles. The number of nitrogens with two attached hydrogens (primary N) is 1. The molecule has 0 bridgehead atoms. The van der Waals surface area contributed by atoms with Gasteiger partial charge in [0.2, 0.25) is 11.0 Å².